The van der Waals surface area contributed by atoms with Crippen LogP contribution in [-0.2, 0) is 16.4 Å². The summed E-state index contributed by atoms with van der Waals surface area (Å²) in [6.07, 6.45) is 1.92. The monoisotopic (exact) mass is 433 g/mol. The molecule has 1 aliphatic heterocycles. The lowest BCUT2D eigenvalue weighted by molar-refractivity contribution is 0.247. The number of piperidine rings is 1. The van der Waals surface area contributed by atoms with Gasteiger partial charge < -0.3 is 4.52 Å². The Morgan fingerprint density at radius 1 is 1.17 bits per heavy atom. The summed E-state index contributed by atoms with van der Waals surface area (Å²) in [6, 6.07) is 10.4. The molecule has 0 bridgehead atoms. The average molecular weight is 433 g/mol. The fourth-order valence-corrected chi connectivity index (χ4v) is 5.28. The molecule has 30 heavy (non-hydrogen) atoms. The molecule has 1 aromatic heterocycles. The molecule has 0 saturated carbocycles. The van der Waals surface area contributed by atoms with Gasteiger partial charge in [-0.15, -0.1) is 0 Å². The van der Waals surface area contributed by atoms with Crippen LogP contribution in [0.4, 0.5) is 8.78 Å². The van der Waals surface area contributed by atoms with Crippen molar-refractivity contribution in [3.8, 4) is 11.4 Å². The van der Waals surface area contributed by atoms with Gasteiger partial charge in [0.05, 0.1) is 4.90 Å². The normalized spacial score (nSPS) is 17.9. The first-order valence-electron chi connectivity index (χ1n) is 9.68. The summed E-state index contributed by atoms with van der Waals surface area (Å²) in [6.45, 7) is 2.55. The molecular formula is C21H21F2N3O3S. The number of hydrogen-bond donors (Lipinski definition) is 0. The molecule has 1 unspecified atom stereocenters. The highest BCUT2D eigenvalue weighted by Gasteiger charge is 2.31. The zero-order valence-electron chi connectivity index (χ0n) is 16.4. The fourth-order valence-electron chi connectivity index (χ4n) is 3.72. The Labute approximate surface area is 173 Å². The summed E-state index contributed by atoms with van der Waals surface area (Å²) in [5, 5.41) is 4.05. The van der Waals surface area contributed by atoms with Gasteiger partial charge in [0.2, 0.25) is 21.7 Å². The van der Waals surface area contributed by atoms with E-state index in [1.807, 2.05) is 31.2 Å². The quantitative estimate of drug-likeness (QED) is 0.609. The van der Waals surface area contributed by atoms with E-state index in [0.717, 1.165) is 35.7 Å². The molecule has 158 valence electrons. The highest BCUT2D eigenvalue weighted by molar-refractivity contribution is 7.89. The van der Waals surface area contributed by atoms with E-state index in [1.54, 1.807) is 0 Å². The molecule has 3 aromatic rings. The minimum Gasteiger partial charge on any atom is -0.339 e. The molecule has 2 aromatic carbocycles. The minimum absolute atomic E-state index is 0.0102. The predicted octanol–water partition coefficient (Wildman–Crippen LogP) is 3.97. The number of rotatable bonds is 5. The van der Waals surface area contributed by atoms with Gasteiger partial charge in [0.15, 0.2) is 11.6 Å². The molecule has 2 heterocycles. The summed E-state index contributed by atoms with van der Waals surface area (Å²) < 4.78 is 59.1. The van der Waals surface area contributed by atoms with E-state index in [0.29, 0.717) is 31.1 Å². The van der Waals surface area contributed by atoms with E-state index in [9.17, 15) is 17.2 Å². The Morgan fingerprint density at radius 3 is 2.73 bits per heavy atom. The fraction of sp³-hybridized carbons (Fsp3) is 0.333. The number of halogens is 2. The van der Waals surface area contributed by atoms with Gasteiger partial charge in [-0.1, -0.05) is 29.4 Å². The van der Waals surface area contributed by atoms with E-state index in [4.69, 9.17) is 4.52 Å². The molecular weight excluding hydrogens is 412 g/mol. The van der Waals surface area contributed by atoms with Crippen molar-refractivity contribution in [3.63, 3.8) is 0 Å². The molecule has 1 atom stereocenters. The number of sulfonamides is 1. The van der Waals surface area contributed by atoms with E-state index in [2.05, 4.69) is 10.1 Å². The third-order valence-corrected chi connectivity index (χ3v) is 7.19. The Balaban J connectivity index is 1.48. The van der Waals surface area contributed by atoms with Crippen LogP contribution in [0, 0.1) is 24.5 Å². The third-order valence-electron chi connectivity index (χ3n) is 5.33. The summed E-state index contributed by atoms with van der Waals surface area (Å²) in [5.41, 5.74) is 1.92. The van der Waals surface area contributed by atoms with Gasteiger partial charge in [-0.25, -0.2) is 17.2 Å². The summed E-state index contributed by atoms with van der Waals surface area (Å²) in [4.78, 5) is 4.22. The first kappa shape index (κ1) is 20.6. The summed E-state index contributed by atoms with van der Waals surface area (Å²) in [7, 11) is -3.91. The summed E-state index contributed by atoms with van der Waals surface area (Å²) >= 11 is 0. The first-order valence-corrected chi connectivity index (χ1v) is 11.1. The van der Waals surface area contributed by atoms with Crippen LogP contribution in [0.3, 0.4) is 0 Å². The maximum Gasteiger partial charge on any atom is 0.243 e. The molecule has 0 radical (unpaired) electrons. The van der Waals surface area contributed by atoms with Crippen LogP contribution in [0.25, 0.3) is 11.4 Å². The molecule has 1 aliphatic rings. The molecule has 1 fully saturated rings. The Hall–Kier alpha value is -2.65. The maximum atomic E-state index is 13.5. The Bertz CT molecular complexity index is 1160. The third kappa shape index (κ3) is 4.13. The predicted molar refractivity (Wildman–Crippen MR) is 106 cm³/mol. The molecule has 1 saturated heterocycles. The van der Waals surface area contributed by atoms with Crippen LogP contribution in [-0.4, -0.2) is 36.0 Å². The van der Waals surface area contributed by atoms with Crippen LogP contribution in [0.1, 0.15) is 24.3 Å². The lowest BCUT2D eigenvalue weighted by Crippen LogP contribution is -2.40. The van der Waals surface area contributed by atoms with E-state index in [1.165, 1.54) is 4.31 Å². The number of hydrogen-bond acceptors (Lipinski definition) is 5. The number of aromatic nitrogens is 2. The van der Waals surface area contributed by atoms with E-state index >= 15 is 0 Å². The Kier molecular flexibility index (Phi) is 5.66. The van der Waals surface area contributed by atoms with Gasteiger partial charge in [0.1, 0.15) is 0 Å². The second-order valence-corrected chi connectivity index (χ2v) is 9.42. The molecule has 0 spiro atoms. The van der Waals surface area contributed by atoms with Gasteiger partial charge in [-0.3, -0.25) is 0 Å². The second kappa shape index (κ2) is 8.23. The maximum absolute atomic E-state index is 13.5. The topological polar surface area (TPSA) is 76.3 Å². The van der Waals surface area contributed by atoms with Gasteiger partial charge in [0.25, 0.3) is 0 Å². The van der Waals surface area contributed by atoms with Crippen LogP contribution in [0.15, 0.2) is 51.9 Å². The zero-order chi connectivity index (χ0) is 21.3. The van der Waals surface area contributed by atoms with Crippen molar-refractivity contribution in [1.29, 1.82) is 0 Å². The van der Waals surface area contributed by atoms with Crippen molar-refractivity contribution in [2.45, 2.75) is 31.1 Å². The van der Waals surface area contributed by atoms with Crippen molar-refractivity contribution in [1.82, 2.24) is 14.4 Å². The largest absolute Gasteiger partial charge is 0.339 e. The molecule has 9 heteroatoms. The SMILES string of the molecule is Cc1ccccc1-c1noc(CC2CCCN(S(=O)(=O)c3ccc(F)c(F)c3)C2)n1. The minimum atomic E-state index is -3.91. The van der Waals surface area contributed by atoms with Crippen LogP contribution < -0.4 is 0 Å². The lowest BCUT2D eigenvalue weighted by Gasteiger charge is -2.31. The number of nitrogens with zero attached hydrogens (tertiary/aromatic N) is 3. The molecule has 0 amide bonds. The smallest absolute Gasteiger partial charge is 0.243 e. The van der Waals surface area contributed by atoms with Crippen molar-refractivity contribution in [2.75, 3.05) is 13.1 Å². The molecule has 0 N–H and O–H groups in total. The van der Waals surface area contributed by atoms with E-state index < -0.39 is 21.7 Å². The molecule has 0 aliphatic carbocycles. The summed E-state index contributed by atoms with van der Waals surface area (Å²) in [5.74, 6) is -1.31. The van der Waals surface area contributed by atoms with Crippen LogP contribution in [0.5, 0.6) is 0 Å². The number of aryl methyl sites for hydroxylation is 1. The van der Waals surface area contributed by atoms with Gasteiger partial charge in [-0.05, 0) is 49.4 Å². The highest BCUT2D eigenvalue weighted by atomic mass is 32.2. The van der Waals surface area contributed by atoms with Crippen LogP contribution in [0.2, 0.25) is 0 Å². The molecule has 6 nitrogen and oxygen atoms in total. The van der Waals surface area contributed by atoms with Crippen molar-refractivity contribution in [3.05, 3.63) is 65.6 Å². The van der Waals surface area contributed by atoms with Crippen molar-refractivity contribution < 1.29 is 21.7 Å². The van der Waals surface area contributed by atoms with Crippen LogP contribution >= 0.6 is 0 Å². The standard InChI is InChI=1S/C21H21F2N3O3S/c1-14-5-2-3-7-17(14)21-24-20(29-25-21)11-15-6-4-10-26(13-15)30(27,28)16-8-9-18(22)19(23)12-16/h2-3,5,7-9,12,15H,4,6,10-11,13H2,1H3. The lowest BCUT2D eigenvalue weighted by atomic mass is 9.96. The zero-order valence-corrected chi connectivity index (χ0v) is 17.2. The number of benzene rings is 2. The van der Waals surface area contributed by atoms with Crippen molar-refractivity contribution in [2.24, 2.45) is 5.92 Å². The first-order chi connectivity index (χ1) is 14.3. The van der Waals surface area contributed by atoms with Gasteiger partial charge >= 0.3 is 0 Å². The second-order valence-electron chi connectivity index (χ2n) is 7.48. The average Bonchev–Trinajstić information content (AvgIpc) is 3.18. The molecule has 4 rings (SSSR count). The van der Waals surface area contributed by atoms with Gasteiger partial charge in [0, 0.05) is 25.1 Å². The van der Waals surface area contributed by atoms with Crippen molar-refractivity contribution >= 4 is 10.0 Å². The van der Waals surface area contributed by atoms with Gasteiger partial charge in [-0.2, -0.15) is 9.29 Å². The highest BCUT2D eigenvalue weighted by Crippen LogP contribution is 2.27. The Morgan fingerprint density at radius 2 is 1.97 bits per heavy atom. The van der Waals surface area contributed by atoms with E-state index in [-0.39, 0.29) is 17.4 Å².